The van der Waals surface area contributed by atoms with E-state index in [4.69, 9.17) is 0 Å². The fraction of sp³-hybridized carbons (Fsp3) is 0.324. The van der Waals surface area contributed by atoms with E-state index < -0.39 is 0 Å². The van der Waals surface area contributed by atoms with Crippen molar-refractivity contribution in [2.24, 2.45) is 0 Å². The largest absolute Gasteiger partial charge is 0.268 e. The number of unbranched alkanes of at least 4 members (excludes halogenated alkanes) is 10. The number of hydrogen-bond acceptors (Lipinski definition) is 4. The maximum atomic E-state index is 15.2. The molecule has 12 rings (SSSR count). The zero-order chi connectivity index (χ0) is 53.6. The molecule has 9 aromatic carbocycles. The summed E-state index contributed by atoms with van der Waals surface area (Å²) in [4.78, 5) is 62.1. The van der Waals surface area contributed by atoms with Gasteiger partial charge in [0.2, 0.25) is 0 Å². The molecule has 0 N–H and O–H groups in total. The molecule has 3 aliphatic rings. The van der Waals surface area contributed by atoms with Crippen molar-refractivity contribution in [3.8, 4) is 22.3 Å². The number of nitrogens with zero attached hydrogens (tertiary/aromatic N) is 2. The van der Waals surface area contributed by atoms with E-state index in [1.54, 1.807) is 0 Å². The van der Waals surface area contributed by atoms with Gasteiger partial charge in [-0.1, -0.05) is 157 Å². The van der Waals surface area contributed by atoms with Crippen LogP contribution in [-0.4, -0.2) is 23.6 Å². The molecule has 2 heterocycles. The lowest BCUT2D eigenvalue weighted by atomic mass is 9.70. The van der Waals surface area contributed by atoms with Crippen molar-refractivity contribution in [1.29, 1.82) is 0 Å². The van der Waals surface area contributed by atoms with Crippen LogP contribution in [0.4, 0.5) is 11.4 Å². The van der Waals surface area contributed by atoms with Gasteiger partial charge in [0.25, 0.3) is 23.6 Å². The minimum Gasteiger partial charge on any atom is -0.268 e. The second-order valence-corrected chi connectivity index (χ2v) is 23.2. The first-order valence-electron chi connectivity index (χ1n) is 28.7. The van der Waals surface area contributed by atoms with E-state index in [0.29, 0.717) is 44.4 Å². The molecule has 6 nitrogen and oxygen atoms in total. The Morgan fingerprint density at radius 3 is 1.10 bits per heavy atom. The van der Waals surface area contributed by atoms with Gasteiger partial charge in [-0.2, -0.15) is 0 Å². The number of benzene rings is 9. The predicted molar refractivity (Wildman–Crippen MR) is 319 cm³/mol. The highest BCUT2D eigenvalue weighted by atomic mass is 16.2. The highest BCUT2D eigenvalue weighted by Gasteiger charge is 2.43. The summed E-state index contributed by atoms with van der Waals surface area (Å²) in [6.07, 6.45) is 17.6. The number of imide groups is 2. The molecule has 0 unspecified atom stereocenters. The van der Waals surface area contributed by atoms with E-state index in [1.165, 1.54) is 115 Å². The molecule has 0 spiro atoms. The maximum absolute atomic E-state index is 15.2. The predicted octanol–water partition coefficient (Wildman–Crippen LogP) is 18.6. The zero-order valence-electron chi connectivity index (χ0n) is 46.3. The molecule has 77 heavy (non-hydrogen) atoms. The molecule has 6 heteroatoms. The number of anilines is 2. The van der Waals surface area contributed by atoms with Crippen molar-refractivity contribution < 1.29 is 19.2 Å². The molecule has 0 bridgehead atoms. The van der Waals surface area contributed by atoms with Crippen LogP contribution in [0, 0.1) is 41.5 Å². The Labute approximate surface area is 453 Å². The summed E-state index contributed by atoms with van der Waals surface area (Å²) in [5.41, 5.74) is 16.8. The van der Waals surface area contributed by atoms with Crippen LogP contribution >= 0.6 is 0 Å². The van der Waals surface area contributed by atoms with Gasteiger partial charge in [-0.05, 0) is 197 Å². The number of aryl methyl sites for hydroxylation is 6. The van der Waals surface area contributed by atoms with E-state index in [2.05, 4.69) is 69.3 Å². The summed E-state index contributed by atoms with van der Waals surface area (Å²) >= 11 is 0. The van der Waals surface area contributed by atoms with Gasteiger partial charge in [0.05, 0.1) is 11.4 Å². The highest BCUT2D eigenvalue weighted by molar-refractivity contribution is 6.46. The minimum atomic E-state index is -0.351. The first kappa shape index (κ1) is 50.4. The third-order valence-electron chi connectivity index (χ3n) is 18.0. The molecule has 0 saturated heterocycles. The first-order chi connectivity index (χ1) is 37.3. The lowest BCUT2D eigenvalue weighted by molar-refractivity contribution is 0.0877. The van der Waals surface area contributed by atoms with Gasteiger partial charge in [0.15, 0.2) is 0 Å². The summed E-state index contributed by atoms with van der Waals surface area (Å²) in [6.45, 7) is 16.9. The first-order valence-corrected chi connectivity index (χ1v) is 28.7. The van der Waals surface area contributed by atoms with E-state index in [9.17, 15) is 9.59 Å². The lowest BCUT2D eigenvalue weighted by Crippen LogP contribution is -2.41. The zero-order valence-corrected chi connectivity index (χ0v) is 46.3. The summed E-state index contributed by atoms with van der Waals surface area (Å²) in [5, 5.41) is 6.81. The lowest BCUT2D eigenvalue weighted by Gasteiger charge is -2.33. The third kappa shape index (κ3) is 7.86. The molecule has 0 atom stereocenters. The Bertz CT molecular complexity index is 3790. The Kier molecular flexibility index (Phi) is 12.8. The molecular formula is C71H70N2O4. The van der Waals surface area contributed by atoms with E-state index in [-0.39, 0.29) is 29.0 Å². The van der Waals surface area contributed by atoms with Crippen LogP contribution in [-0.2, 0) is 5.41 Å². The van der Waals surface area contributed by atoms with Gasteiger partial charge in [-0.3, -0.25) is 19.2 Å². The second kappa shape index (κ2) is 19.5. The van der Waals surface area contributed by atoms with Gasteiger partial charge in [-0.25, -0.2) is 9.80 Å². The van der Waals surface area contributed by atoms with Crippen LogP contribution in [0.5, 0.6) is 0 Å². The number of hydrogen-bond donors (Lipinski definition) is 0. The molecule has 9 aromatic rings. The van der Waals surface area contributed by atoms with Crippen LogP contribution in [0.15, 0.2) is 109 Å². The van der Waals surface area contributed by atoms with Crippen molar-refractivity contribution in [1.82, 2.24) is 0 Å². The molecule has 0 fully saturated rings. The van der Waals surface area contributed by atoms with Crippen LogP contribution in [0.2, 0.25) is 0 Å². The topological polar surface area (TPSA) is 74.8 Å². The fourth-order valence-corrected chi connectivity index (χ4v) is 14.3. The van der Waals surface area contributed by atoms with Crippen molar-refractivity contribution in [2.45, 2.75) is 151 Å². The molecule has 2 aliphatic heterocycles. The molecule has 0 saturated carbocycles. The standard InChI is InChI=1S/C71H70N2O4/c1-9-11-13-15-17-19-33-71(34-20-18-16-14-12-10-2)57-35-42(4)23-31-51(57)52-32-26-48(40-58(52)71)47-24-29-50(30-25-47)73-69(76)55-38-45(7)61-59-43(5)36-53-63-54(68(75)72(67(53)74)49-27-21-41(3)22-28-49)37-44(6)60(65(59)63)62-46(8)39-56(70(73)77)64(55)66(61)62/h21-32,35-40H,9-20,33-34H2,1-8H3. The molecule has 1 aliphatic carbocycles. The van der Waals surface area contributed by atoms with Crippen LogP contribution in [0.1, 0.15) is 190 Å². The Morgan fingerprint density at radius 2 is 0.675 bits per heavy atom. The molecule has 388 valence electrons. The highest BCUT2D eigenvalue weighted by Crippen LogP contribution is 2.56. The average Bonchev–Trinajstić information content (AvgIpc) is 3.88. The molecule has 4 amide bonds. The Morgan fingerprint density at radius 1 is 0.325 bits per heavy atom. The van der Waals surface area contributed by atoms with Crippen LogP contribution in [0.25, 0.3) is 65.3 Å². The van der Waals surface area contributed by atoms with E-state index in [0.717, 1.165) is 84.1 Å². The molecular weight excluding hydrogens is 945 g/mol. The third-order valence-corrected chi connectivity index (χ3v) is 18.0. The summed E-state index contributed by atoms with van der Waals surface area (Å²) in [6, 6.07) is 37.5. The van der Waals surface area contributed by atoms with Crippen molar-refractivity contribution in [3.05, 3.63) is 176 Å². The van der Waals surface area contributed by atoms with Gasteiger partial charge in [0.1, 0.15) is 0 Å². The summed E-state index contributed by atoms with van der Waals surface area (Å²) in [7, 11) is 0. The fourth-order valence-electron chi connectivity index (χ4n) is 14.3. The normalized spacial score (nSPS) is 14.6. The number of fused-ring (bicyclic) bond motifs is 5. The van der Waals surface area contributed by atoms with Crippen molar-refractivity contribution in [2.75, 3.05) is 9.80 Å². The van der Waals surface area contributed by atoms with Crippen molar-refractivity contribution in [3.63, 3.8) is 0 Å². The summed E-state index contributed by atoms with van der Waals surface area (Å²) in [5.74, 6) is -1.40. The quantitative estimate of drug-likeness (QED) is 0.0394. The second-order valence-electron chi connectivity index (χ2n) is 23.2. The number of carbonyl (C=O) groups excluding carboxylic acids is 4. The van der Waals surface area contributed by atoms with Gasteiger partial charge in [0, 0.05) is 38.4 Å². The number of rotatable bonds is 17. The Hall–Kier alpha value is -7.44. The Balaban J connectivity index is 0.922. The van der Waals surface area contributed by atoms with Gasteiger partial charge >= 0.3 is 0 Å². The van der Waals surface area contributed by atoms with Gasteiger partial charge in [-0.15, -0.1) is 0 Å². The number of carbonyl (C=O) groups is 4. The monoisotopic (exact) mass is 1010 g/mol. The minimum absolute atomic E-state index is 0.0480. The average molecular weight is 1020 g/mol. The van der Waals surface area contributed by atoms with Crippen LogP contribution in [0.3, 0.4) is 0 Å². The maximum Gasteiger partial charge on any atom is 0.265 e. The molecule has 0 radical (unpaired) electrons. The van der Waals surface area contributed by atoms with E-state index >= 15 is 9.59 Å². The number of amides is 4. The molecule has 0 aromatic heterocycles. The smallest absolute Gasteiger partial charge is 0.265 e. The van der Waals surface area contributed by atoms with Crippen molar-refractivity contribution >= 4 is 78.1 Å². The van der Waals surface area contributed by atoms with Gasteiger partial charge < -0.3 is 0 Å². The van der Waals surface area contributed by atoms with E-state index in [1.807, 2.05) is 95.3 Å². The SMILES string of the molecule is CCCCCCCCC1(CCCCCCCC)c2cc(C)ccc2-c2ccc(-c3ccc(N4C(=O)c5cc(C)c6c7c(C)cc8c9c(cc(C)c(c%10c(C)cc(c5c6%10)C4=O)c97)C(=O)N(c4ccc(C)cc4)C8=O)cc3)cc21. The van der Waals surface area contributed by atoms with Crippen LogP contribution < -0.4 is 9.80 Å². The summed E-state index contributed by atoms with van der Waals surface area (Å²) < 4.78 is 0.